The molecular formula is C19H12F6N2O2. The fraction of sp³-hybridized carbons (Fsp3) is 0.105. The summed E-state index contributed by atoms with van der Waals surface area (Å²) >= 11 is 0. The predicted molar refractivity (Wildman–Crippen MR) is 92.9 cm³/mol. The molecule has 0 radical (unpaired) electrons. The minimum Gasteiger partial charge on any atom is -0.406 e. The van der Waals surface area contributed by atoms with Gasteiger partial charge in [-0.05, 0) is 60.7 Å². The summed E-state index contributed by atoms with van der Waals surface area (Å²) in [7, 11) is 0. The molecule has 1 heterocycles. The molecule has 0 amide bonds. The van der Waals surface area contributed by atoms with Crippen molar-refractivity contribution < 1.29 is 35.8 Å². The second-order valence-corrected chi connectivity index (χ2v) is 5.82. The van der Waals surface area contributed by atoms with E-state index < -0.39 is 12.7 Å². The zero-order valence-electron chi connectivity index (χ0n) is 14.4. The molecule has 0 bridgehead atoms. The average molecular weight is 414 g/mol. The first kappa shape index (κ1) is 20.3. The van der Waals surface area contributed by atoms with E-state index in [1.807, 2.05) is 0 Å². The van der Waals surface area contributed by atoms with Crippen molar-refractivity contribution in [2.45, 2.75) is 12.7 Å². The zero-order valence-corrected chi connectivity index (χ0v) is 14.4. The Balaban J connectivity index is 1.86. The van der Waals surface area contributed by atoms with Crippen LogP contribution in [0.2, 0.25) is 0 Å². The third-order valence-corrected chi connectivity index (χ3v) is 3.61. The van der Waals surface area contributed by atoms with Crippen molar-refractivity contribution in [2.24, 2.45) is 0 Å². The van der Waals surface area contributed by atoms with Gasteiger partial charge in [-0.1, -0.05) is 0 Å². The molecule has 29 heavy (non-hydrogen) atoms. The standard InChI is InChI=1S/C19H12F6N2O2/c20-18(21,22)28-14-5-1-11(2-6-14)16-9-13(26)10-17(27-16)12-3-7-15(8-4-12)29-19(23,24)25/h1-10H,(H2,26,27). The van der Waals surface area contributed by atoms with Gasteiger partial charge in [-0.25, -0.2) is 4.98 Å². The van der Waals surface area contributed by atoms with Crippen LogP contribution in [0.5, 0.6) is 11.5 Å². The monoisotopic (exact) mass is 414 g/mol. The van der Waals surface area contributed by atoms with Gasteiger partial charge in [-0.2, -0.15) is 0 Å². The molecule has 0 spiro atoms. The molecule has 2 N–H and O–H groups in total. The number of ether oxygens (including phenoxy) is 2. The van der Waals surface area contributed by atoms with Crippen molar-refractivity contribution in [3.05, 3.63) is 60.7 Å². The van der Waals surface area contributed by atoms with Crippen molar-refractivity contribution >= 4 is 5.69 Å². The molecule has 3 rings (SSSR count). The van der Waals surface area contributed by atoms with Gasteiger partial charge in [-0.3, -0.25) is 0 Å². The second-order valence-electron chi connectivity index (χ2n) is 5.82. The molecule has 3 aromatic rings. The number of pyridine rings is 1. The number of halogens is 6. The summed E-state index contributed by atoms with van der Waals surface area (Å²) in [5.41, 5.74) is 7.88. The Bertz CT molecular complexity index is 906. The zero-order chi connectivity index (χ0) is 21.2. The molecule has 0 aliphatic heterocycles. The first-order chi connectivity index (χ1) is 13.5. The highest BCUT2D eigenvalue weighted by atomic mass is 19.4. The summed E-state index contributed by atoms with van der Waals surface area (Å²) in [6, 6.07) is 13.1. The molecule has 0 saturated heterocycles. The van der Waals surface area contributed by atoms with Crippen molar-refractivity contribution in [3.63, 3.8) is 0 Å². The Morgan fingerprint density at radius 2 is 0.966 bits per heavy atom. The van der Waals surface area contributed by atoms with E-state index in [2.05, 4.69) is 14.5 Å². The minimum absolute atomic E-state index is 0.316. The lowest BCUT2D eigenvalue weighted by Gasteiger charge is -2.11. The Morgan fingerprint density at radius 1 is 0.621 bits per heavy atom. The molecule has 0 unspecified atom stereocenters. The lowest BCUT2D eigenvalue weighted by atomic mass is 10.1. The van der Waals surface area contributed by atoms with Crippen molar-refractivity contribution in [1.82, 2.24) is 4.98 Å². The van der Waals surface area contributed by atoms with E-state index in [4.69, 9.17) is 5.73 Å². The number of nitrogen functional groups attached to an aromatic ring is 1. The van der Waals surface area contributed by atoms with Gasteiger partial charge in [0.2, 0.25) is 0 Å². The molecule has 0 saturated carbocycles. The molecule has 0 aliphatic rings. The summed E-state index contributed by atoms with van der Waals surface area (Å²) < 4.78 is 81.2. The Morgan fingerprint density at radius 3 is 1.28 bits per heavy atom. The average Bonchev–Trinajstić information content (AvgIpc) is 2.60. The number of rotatable bonds is 4. The largest absolute Gasteiger partial charge is 0.573 e. The van der Waals surface area contributed by atoms with Gasteiger partial charge in [0, 0.05) is 16.8 Å². The maximum Gasteiger partial charge on any atom is 0.573 e. The van der Waals surface area contributed by atoms with Crippen LogP contribution >= 0.6 is 0 Å². The van der Waals surface area contributed by atoms with Crippen LogP contribution in [-0.4, -0.2) is 17.7 Å². The molecular weight excluding hydrogens is 402 g/mol. The van der Waals surface area contributed by atoms with Crippen LogP contribution in [-0.2, 0) is 0 Å². The van der Waals surface area contributed by atoms with Crippen LogP contribution in [0.15, 0.2) is 60.7 Å². The van der Waals surface area contributed by atoms with Crippen molar-refractivity contribution in [2.75, 3.05) is 5.73 Å². The highest BCUT2D eigenvalue weighted by Gasteiger charge is 2.31. The van der Waals surface area contributed by atoms with E-state index in [-0.39, 0.29) is 11.5 Å². The molecule has 1 aromatic heterocycles. The highest BCUT2D eigenvalue weighted by molar-refractivity contribution is 5.71. The van der Waals surface area contributed by atoms with E-state index in [9.17, 15) is 26.3 Å². The Labute approximate surface area is 160 Å². The molecule has 0 aliphatic carbocycles. The smallest absolute Gasteiger partial charge is 0.406 e. The number of aromatic nitrogens is 1. The van der Waals surface area contributed by atoms with Crippen LogP contribution < -0.4 is 15.2 Å². The van der Waals surface area contributed by atoms with E-state index in [0.717, 1.165) is 24.3 Å². The van der Waals surface area contributed by atoms with Gasteiger partial charge in [0.1, 0.15) is 11.5 Å². The van der Waals surface area contributed by atoms with Crippen LogP contribution in [0.25, 0.3) is 22.5 Å². The van der Waals surface area contributed by atoms with Crippen LogP contribution in [0, 0.1) is 0 Å². The minimum atomic E-state index is -4.80. The van der Waals surface area contributed by atoms with Crippen molar-refractivity contribution in [3.8, 4) is 34.0 Å². The maximum atomic E-state index is 12.3. The third kappa shape index (κ3) is 5.77. The van der Waals surface area contributed by atoms with E-state index in [1.54, 1.807) is 0 Å². The number of alkyl halides is 6. The van der Waals surface area contributed by atoms with Gasteiger partial charge in [-0.15, -0.1) is 26.3 Å². The molecule has 4 nitrogen and oxygen atoms in total. The molecule has 10 heteroatoms. The lowest BCUT2D eigenvalue weighted by Crippen LogP contribution is -2.16. The lowest BCUT2D eigenvalue weighted by molar-refractivity contribution is -0.275. The topological polar surface area (TPSA) is 57.4 Å². The van der Waals surface area contributed by atoms with Gasteiger partial charge in [0.15, 0.2) is 0 Å². The van der Waals surface area contributed by atoms with Gasteiger partial charge < -0.3 is 15.2 Å². The second kappa shape index (κ2) is 7.53. The summed E-state index contributed by atoms with van der Waals surface area (Å²) in [6.07, 6.45) is -9.60. The number of hydrogen-bond acceptors (Lipinski definition) is 4. The van der Waals surface area contributed by atoms with E-state index >= 15 is 0 Å². The van der Waals surface area contributed by atoms with E-state index in [1.165, 1.54) is 36.4 Å². The van der Waals surface area contributed by atoms with Gasteiger partial charge in [0.25, 0.3) is 0 Å². The fourth-order valence-electron chi connectivity index (χ4n) is 2.50. The Hall–Kier alpha value is -3.43. The number of nitrogens with zero attached hydrogens (tertiary/aromatic N) is 1. The highest BCUT2D eigenvalue weighted by Crippen LogP contribution is 2.30. The molecule has 0 fully saturated rings. The molecule has 2 aromatic carbocycles. The maximum absolute atomic E-state index is 12.3. The number of benzene rings is 2. The first-order valence-electron chi connectivity index (χ1n) is 7.98. The van der Waals surface area contributed by atoms with E-state index in [0.29, 0.717) is 28.2 Å². The molecule has 152 valence electrons. The number of nitrogens with two attached hydrogens (primary N) is 1. The summed E-state index contributed by atoms with van der Waals surface area (Å²) in [4.78, 5) is 4.38. The normalized spacial score (nSPS) is 11.9. The van der Waals surface area contributed by atoms with Crippen LogP contribution in [0.4, 0.5) is 32.0 Å². The fourth-order valence-corrected chi connectivity index (χ4v) is 2.50. The predicted octanol–water partition coefficient (Wildman–Crippen LogP) is 5.80. The summed E-state index contributed by atoms with van der Waals surface area (Å²) in [5, 5.41) is 0. The third-order valence-electron chi connectivity index (χ3n) is 3.61. The SMILES string of the molecule is Nc1cc(-c2ccc(OC(F)(F)F)cc2)nc(-c2ccc(OC(F)(F)F)cc2)c1. The van der Waals surface area contributed by atoms with Crippen molar-refractivity contribution in [1.29, 1.82) is 0 Å². The van der Waals surface area contributed by atoms with Crippen LogP contribution in [0.1, 0.15) is 0 Å². The number of hydrogen-bond donors (Lipinski definition) is 1. The number of anilines is 1. The summed E-state index contributed by atoms with van der Waals surface area (Å²) in [5.74, 6) is -0.767. The summed E-state index contributed by atoms with van der Waals surface area (Å²) in [6.45, 7) is 0. The quantitative estimate of drug-likeness (QED) is 0.549. The first-order valence-corrected chi connectivity index (χ1v) is 7.98. The van der Waals surface area contributed by atoms with Gasteiger partial charge >= 0.3 is 12.7 Å². The Kier molecular flexibility index (Phi) is 5.27. The van der Waals surface area contributed by atoms with Gasteiger partial charge in [0.05, 0.1) is 11.4 Å². The van der Waals surface area contributed by atoms with Crippen LogP contribution in [0.3, 0.4) is 0 Å². The molecule has 0 atom stereocenters.